The van der Waals surface area contributed by atoms with Gasteiger partial charge in [-0.25, -0.2) is 0 Å². The van der Waals surface area contributed by atoms with Crippen LogP contribution in [-0.2, 0) is 11.3 Å². The summed E-state index contributed by atoms with van der Waals surface area (Å²) < 4.78 is 0.786. The molecule has 1 aromatic heterocycles. The normalized spacial score (nSPS) is 15.5. The Bertz CT molecular complexity index is 829. The predicted octanol–water partition coefficient (Wildman–Crippen LogP) is 3.67. The zero-order chi connectivity index (χ0) is 18.5. The van der Waals surface area contributed by atoms with E-state index in [2.05, 4.69) is 4.90 Å². The van der Waals surface area contributed by atoms with Crippen molar-refractivity contribution in [3.8, 4) is 0 Å². The first-order chi connectivity index (χ1) is 12.5. The Morgan fingerprint density at radius 1 is 1.19 bits per heavy atom. The van der Waals surface area contributed by atoms with Gasteiger partial charge in [0.2, 0.25) is 5.91 Å². The molecule has 0 N–H and O–H groups in total. The van der Waals surface area contributed by atoms with Gasteiger partial charge in [0.05, 0.1) is 14.8 Å². The molecule has 6 nitrogen and oxygen atoms in total. The minimum absolute atomic E-state index is 0.00372. The predicted molar refractivity (Wildman–Crippen MR) is 103 cm³/mol. The highest BCUT2D eigenvalue weighted by Gasteiger charge is 2.20. The minimum atomic E-state index is -0.445. The molecule has 2 heterocycles. The van der Waals surface area contributed by atoms with E-state index in [4.69, 9.17) is 11.6 Å². The molecule has 0 atom stereocenters. The second-order valence-corrected chi connectivity index (χ2v) is 7.76. The summed E-state index contributed by atoms with van der Waals surface area (Å²) in [5, 5.41) is 11.0. The number of nitro groups is 1. The molecule has 1 saturated heterocycles. The van der Waals surface area contributed by atoms with Crippen LogP contribution in [0.5, 0.6) is 0 Å². The molecule has 0 bridgehead atoms. The highest BCUT2D eigenvalue weighted by Crippen LogP contribution is 2.23. The number of benzene rings is 1. The lowest BCUT2D eigenvalue weighted by molar-refractivity contribution is -0.385. The maximum Gasteiger partial charge on any atom is 0.276 e. The molecule has 1 aliphatic rings. The first-order valence-corrected chi connectivity index (χ1v) is 9.39. The smallest absolute Gasteiger partial charge is 0.276 e. The lowest BCUT2D eigenvalue weighted by Crippen LogP contribution is -2.47. The minimum Gasteiger partial charge on any atom is -0.337 e. The van der Waals surface area contributed by atoms with Gasteiger partial charge in [-0.15, -0.1) is 11.3 Å². The van der Waals surface area contributed by atoms with Crippen LogP contribution in [0, 0.1) is 10.1 Å². The van der Waals surface area contributed by atoms with Crippen LogP contribution < -0.4 is 0 Å². The number of amides is 1. The number of carbonyl (C=O) groups is 1. The van der Waals surface area contributed by atoms with Gasteiger partial charge >= 0.3 is 0 Å². The Labute approximate surface area is 160 Å². The van der Waals surface area contributed by atoms with Crippen molar-refractivity contribution >= 4 is 40.6 Å². The molecule has 8 heteroatoms. The van der Waals surface area contributed by atoms with Crippen LogP contribution in [-0.4, -0.2) is 46.8 Å². The van der Waals surface area contributed by atoms with Gasteiger partial charge in [-0.1, -0.05) is 23.7 Å². The van der Waals surface area contributed by atoms with Gasteiger partial charge in [-0.05, 0) is 24.3 Å². The SMILES string of the molecule is O=C(C=Cc1ccccc1[N+](=O)[O-])N1CCN(Cc2ccc(Cl)s2)CC1. The van der Waals surface area contributed by atoms with Crippen LogP contribution in [0.15, 0.2) is 42.5 Å². The highest BCUT2D eigenvalue weighted by atomic mass is 35.5. The molecule has 1 fully saturated rings. The Morgan fingerprint density at radius 3 is 2.58 bits per heavy atom. The van der Waals surface area contributed by atoms with Gasteiger partial charge in [0.15, 0.2) is 0 Å². The summed E-state index contributed by atoms with van der Waals surface area (Å²) >= 11 is 7.53. The Balaban J connectivity index is 1.54. The van der Waals surface area contributed by atoms with Gasteiger partial charge in [-0.3, -0.25) is 19.8 Å². The molecule has 1 aliphatic heterocycles. The first kappa shape index (κ1) is 18.6. The van der Waals surface area contributed by atoms with E-state index in [0.717, 1.165) is 24.0 Å². The number of para-hydroxylation sites is 1. The number of rotatable bonds is 5. The number of nitrogens with zero attached hydrogens (tertiary/aromatic N) is 3. The number of nitro benzene ring substituents is 1. The topological polar surface area (TPSA) is 66.7 Å². The quantitative estimate of drug-likeness (QED) is 0.443. The van der Waals surface area contributed by atoms with E-state index in [9.17, 15) is 14.9 Å². The van der Waals surface area contributed by atoms with E-state index in [1.54, 1.807) is 34.4 Å². The largest absolute Gasteiger partial charge is 0.337 e. The standard InChI is InChI=1S/C18H18ClN3O3S/c19-17-7-6-15(26-17)13-20-9-11-21(12-10-20)18(23)8-5-14-3-1-2-4-16(14)22(24)25/h1-8H,9-13H2. The molecule has 26 heavy (non-hydrogen) atoms. The molecule has 0 aliphatic carbocycles. The van der Waals surface area contributed by atoms with Crippen molar-refractivity contribution in [2.45, 2.75) is 6.54 Å². The zero-order valence-corrected chi connectivity index (χ0v) is 15.6. The van der Waals surface area contributed by atoms with E-state index in [1.165, 1.54) is 23.1 Å². The highest BCUT2D eigenvalue weighted by molar-refractivity contribution is 7.16. The summed E-state index contributed by atoms with van der Waals surface area (Å²) in [6.07, 6.45) is 2.93. The summed E-state index contributed by atoms with van der Waals surface area (Å²) in [7, 11) is 0. The van der Waals surface area contributed by atoms with E-state index >= 15 is 0 Å². The van der Waals surface area contributed by atoms with Crippen LogP contribution in [0.1, 0.15) is 10.4 Å². The van der Waals surface area contributed by atoms with Gasteiger partial charge in [0.25, 0.3) is 5.69 Å². The van der Waals surface area contributed by atoms with Gasteiger partial charge in [0.1, 0.15) is 0 Å². The third-order valence-electron chi connectivity index (χ3n) is 4.23. The Kier molecular flexibility index (Phi) is 6.03. The molecule has 0 radical (unpaired) electrons. The molecule has 0 unspecified atom stereocenters. The summed E-state index contributed by atoms with van der Waals surface area (Å²) in [5.41, 5.74) is 0.426. The van der Waals surface area contributed by atoms with Crippen LogP contribution in [0.4, 0.5) is 5.69 Å². The number of piperazine rings is 1. The van der Waals surface area contributed by atoms with Crippen molar-refractivity contribution in [3.05, 3.63) is 67.4 Å². The van der Waals surface area contributed by atoms with Crippen molar-refractivity contribution in [1.29, 1.82) is 0 Å². The fraction of sp³-hybridized carbons (Fsp3) is 0.278. The number of thiophene rings is 1. The summed E-state index contributed by atoms with van der Waals surface area (Å²) in [5.74, 6) is -0.123. The van der Waals surface area contributed by atoms with Crippen LogP contribution in [0.3, 0.4) is 0 Å². The van der Waals surface area contributed by atoms with E-state index in [1.807, 2.05) is 12.1 Å². The van der Waals surface area contributed by atoms with E-state index in [0.29, 0.717) is 18.7 Å². The summed E-state index contributed by atoms with van der Waals surface area (Å²) in [6.45, 7) is 3.70. The van der Waals surface area contributed by atoms with Crippen molar-refractivity contribution in [3.63, 3.8) is 0 Å². The molecule has 0 spiro atoms. The van der Waals surface area contributed by atoms with Gasteiger partial charge < -0.3 is 4.90 Å². The lowest BCUT2D eigenvalue weighted by atomic mass is 10.1. The Morgan fingerprint density at radius 2 is 1.92 bits per heavy atom. The third-order valence-corrected chi connectivity index (χ3v) is 5.45. The van der Waals surface area contributed by atoms with Crippen LogP contribution in [0.25, 0.3) is 6.08 Å². The second-order valence-electron chi connectivity index (χ2n) is 5.96. The van der Waals surface area contributed by atoms with E-state index in [-0.39, 0.29) is 11.6 Å². The first-order valence-electron chi connectivity index (χ1n) is 8.20. The molecule has 136 valence electrons. The average molecular weight is 392 g/mol. The second kappa shape index (κ2) is 8.44. The van der Waals surface area contributed by atoms with Crippen molar-refractivity contribution in [2.75, 3.05) is 26.2 Å². The summed E-state index contributed by atoms with van der Waals surface area (Å²) in [4.78, 5) is 28.2. The van der Waals surface area contributed by atoms with Gasteiger partial charge in [0, 0.05) is 49.7 Å². The van der Waals surface area contributed by atoms with Crippen molar-refractivity contribution in [1.82, 2.24) is 9.80 Å². The third kappa shape index (κ3) is 4.69. The van der Waals surface area contributed by atoms with E-state index < -0.39 is 4.92 Å². The molecule has 1 aromatic carbocycles. The molecular formula is C18H18ClN3O3S. The summed E-state index contributed by atoms with van der Waals surface area (Å²) in [6, 6.07) is 10.3. The Hall–Kier alpha value is -2.22. The monoisotopic (exact) mass is 391 g/mol. The molecule has 0 saturated carbocycles. The fourth-order valence-corrected chi connectivity index (χ4v) is 3.97. The maximum atomic E-state index is 12.4. The molecule has 3 rings (SSSR count). The molecule has 1 amide bonds. The van der Waals surface area contributed by atoms with Crippen molar-refractivity contribution in [2.24, 2.45) is 0 Å². The van der Waals surface area contributed by atoms with Crippen LogP contribution >= 0.6 is 22.9 Å². The molecular weight excluding hydrogens is 374 g/mol. The maximum absolute atomic E-state index is 12.4. The number of hydrogen-bond donors (Lipinski definition) is 0. The van der Waals surface area contributed by atoms with Crippen molar-refractivity contribution < 1.29 is 9.72 Å². The lowest BCUT2D eigenvalue weighted by Gasteiger charge is -2.33. The average Bonchev–Trinajstić information content (AvgIpc) is 3.05. The fourth-order valence-electron chi connectivity index (χ4n) is 2.84. The number of halogens is 1. The van der Waals surface area contributed by atoms with Crippen LogP contribution in [0.2, 0.25) is 4.34 Å². The number of carbonyl (C=O) groups excluding carboxylic acids is 1. The van der Waals surface area contributed by atoms with Gasteiger partial charge in [-0.2, -0.15) is 0 Å². The zero-order valence-electron chi connectivity index (χ0n) is 14.0. The molecule has 2 aromatic rings. The number of hydrogen-bond acceptors (Lipinski definition) is 5.